The normalized spacial score (nSPS) is 18.1. The second-order valence-electron chi connectivity index (χ2n) is 7.45. The standard InChI is InChI=1S/C23H17FN4O2/c1-23(30)18-4-2-3-5-20(18)28(22(23)29)21-11-14(8-9-25-21)10-19-17-7-6-16(24)12-15(17)13-26-27-19/h2-9,11-13,30H,10H2,1H3. The van der Waals surface area contributed by atoms with Gasteiger partial charge in [-0.25, -0.2) is 9.37 Å². The summed E-state index contributed by atoms with van der Waals surface area (Å²) in [5, 5.41) is 20.4. The Bertz CT molecular complexity index is 1310. The molecule has 1 atom stereocenters. The van der Waals surface area contributed by atoms with Crippen LogP contribution < -0.4 is 4.90 Å². The van der Waals surface area contributed by atoms with Crippen molar-refractivity contribution in [1.82, 2.24) is 15.2 Å². The van der Waals surface area contributed by atoms with Crippen molar-refractivity contribution in [3.63, 3.8) is 0 Å². The first-order valence-corrected chi connectivity index (χ1v) is 9.46. The molecular formula is C23H17FN4O2. The van der Waals surface area contributed by atoms with Gasteiger partial charge in [-0.3, -0.25) is 9.69 Å². The highest BCUT2D eigenvalue weighted by Crippen LogP contribution is 2.43. The van der Waals surface area contributed by atoms with Gasteiger partial charge in [-0.2, -0.15) is 10.2 Å². The lowest BCUT2D eigenvalue weighted by molar-refractivity contribution is -0.133. The fourth-order valence-corrected chi connectivity index (χ4v) is 3.88. The van der Waals surface area contributed by atoms with Crippen LogP contribution in [0.25, 0.3) is 10.8 Å². The van der Waals surface area contributed by atoms with Gasteiger partial charge < -0.3 is 5.11 Å². The maximum Gasteiger partial charge on any atom is 0.269 e. The van der Waals surface area contributed by atoms with Crippen LogP contribution in [0.4, 0.5) is 15.9 Å². The molecule has 2 aromatic heterocycles. The topological polar surface area (TPSA) is 79.2 Å². The van der Waals surface area contributed by atoms with Crippen LogP contribution in [0.15, 0.2) is 67.0 Å². The van der Waals surface area contributed by atoms with Gasteiger partial charge >= 0.3 is 0 Å². The van der Waals surface area contributed by atoms with Crippen LogP contribution in [0.5, 0.6) is 0 Å². The quantitative estimate of drug-likeness (QED) is 0.568. The van der Waals surface area contributed by atoms with Gasteiger partial charge in [-0.15, -0.1) is 0 Å². The van der Waals surface area contributed by atoms with Crippen molar-refractivity contribution in [2.24, 2.45) is 0 Å². The first-order chi connectivity index (χ1) is 14.4. The SMILES string of the molecule is CC1(O)C(=O)N(c2cc(Cc3nncc4cc(F)ccc34)ccn2)c2ccccc21. The van der Waals surface area contributed by atoms with Crippen molar-refractivity contribution in [2.75, 3.05) is 4.90 Å². The minimum absolute atomic E-state index is 0.328. The van der Waals surface area contributed by atoms with E-state index in [4.69, 9.17) is 0 Å². The predicted molar refractivity (Wildman–Crippen MR) is 110 cm³/mol. The zero-order chi connectivity index (χ0) is 20.9. The number of aromatic nitrogens is 3. The molecule has 30 heavy (non-hydrogen) atoms. The molecule has 1 N–H and O–H groups in total. The van der Waals surface area contributed by atoms with Crippen molar-refractivity contribution >= 4 is 28.2 Å². The smallest absolute Gasteiger partial charge is 0.269 e. The third-order valence-electron chi connectivity index (χ3n) is 5.40. The zero-order valence-electron chi connectivity index (χ0n) is 16.1. The van der Waals surface area contributed by atoms with Gasteiger partial charge in [0.1, 0.15) is 11.6 Å². The minimum atomic E-state index is -1.61. The molecule has 0 fully saturated rings. The summed E-state index contributed by atoms with van der Waals surface area (Å²) in [5.74, 6) is -0.360. The Kier molecular flexibility index (Phi) is 4.08. The molecular weight excluding hydrogens is 383 g/mol. The zero-order valence-corrected chi connectivity index (χ0v) is 16.1. The van der Waals surface area contributed by atoms with Gasteiger partial charge in [0.15, 0.2) is 5.60 Å². The number of rotatable bonds is 3. The molecule has 148 valence electrons. The van der Waals surface area contributed by atoms with Crippen molar-refractivity contribution < 1.29 is 14.3 Å². The van der Waals surface area contributed by atoms with Gasteiger partial charge in [0.2, 0.25) is 0 Å². The van der Waals surface area contributed by atoms with Crippen molar-refractivity contribution in [2.45, 2.75) is 18.9 Å². The lowest BCUT2D eigenvalue weighted by Gasteiger charge is -2.19. The van der Waals surface area contributed by atoms with Gasteiger partial charge in [0, 0.05) is 29.0 Å². The number of hydrogen-bond acceptors (Lipinski definition) is 5. The number of pyridine rings is 1. The van der Waals surface area contributed by atoms with Crippen LogP contribution in [0, 0.1) is 5.82 Å². The number of carbonyl (C=O) groups excluding carboxylic acids is 1. The average Bonchev–Trinajstić information content (AvgIpc) is 2.94. The molecule has 1 unspecified atom stereocenters. The van der Waals surface area contributed by atoms with Crippen molar-refractivity contribution in [1.29, 1.82) is 0 Å². The molecule has 1 aliphatic rings. The molecule has 0 bridgehead atoms. The van der Waals surface area contributed by atoms with E-state index in [1.807, 2.05) is 12.1 Å². The molecule has 0 radical (unpaired) electrons. The number of halogens is 1. The summed E-state index contributed by atoms with van der Waals surface area (Å²) in [6.45, 7) is 1.49. The minimum Gasteiger partial charge on any atom is -0.375 e. The largest absolute Gasteiger partial charge is 0.375 e. The number of benzene rings is 2. The summed E-state index contributed by atoms with van der Waals surface area (Å²) in [4.78, 5) is 18.7. The number of hydrogen-bond donors (Lipinski definition) is 1. The molecule has 0 saturated heterocycles. The summed E-state index contributed by atoms with van der Waals surface area (Å²) in [7, 11) is 0. The molecule has 2 aromatic carbocycles. The Morgan fingerprint density at radius 1 is 1.13 bits per heavy atom. The summed E-state index contributed by atoms with van der Waals surface area (Å²) < 4.78 is 13.5. The van der Waals surface area contributed by atoms with E-state index in [9.17, 15) is 14.3 Å². The van der Waals surface area contributed by atoms with E-state index >= 15 is 0 Å². The summed E-state index contributed by atoms with van der Waals surface area (Å²) in [5.41, 5.74) is 1.11. The Hall–Kier alpha value is -3.71. The third kappa shape index (κ3) is 2.83. The van der Waals surface area contributed by atoms with E-state index in [1.54, 1.807) is 36.5 Å². The second-order valence-corrected chi connectivity index (χ2v) is 7.45. The lowest BCUT2D eigenvalue weighted by Crippen LogP contribution is -2.35. The van der Waals surface area contributed by atoms with Gasteiger partial charge in [-0.05, 0) is 48.9 Å². The highest BCUT2D eigenvalue weighted by Gasteiger charge is 2.47. The average molecular weight is 400 g/mol. The van der Waals surface area contributed by atoms with Crippen LogP contribution in [-0.4, -0.2) is 26.2 Å². The number of amides is 1. The molecule has 0 saturated carbocycles. The molecule has 1 aliphatic heterocycles. The van der Waals surface area contributed by atoms with E-state index in [0.29, 0.717) is 34.6 Å². The van der Waals surface area contributed by atoms with Gasteiger partial charge in [0.25, 0.3) is 5.91 Å². The molecule has 5 rings (SSSR count). The van der Waals surface area contributed by atoms with Gasteiger partial charge in [0.05, 0.1) is 17.6 Å². The molecule has 0 spiro atoms. The maximum atomic E-state index is 13.5. The van der Waals surface area contributed by atoms with Crippen molar-refractivity contribution in [3.8, 4) is 0 Å². The Labute approximate surface area is 171 Å². The van der Waals surface area contributed by atoms with Crippen LogP contribution in [0.2, 0.25) is 0 Å². The highest BCUT2D eigenvalue weighted by atomic mass is 19.1. The summed E-state index contributed by atoms with van der Waals surface area (Å²) in [6, 6.07) is 15.3. The number of fused-ring (bicyclic) bond motifs is 2. The van der Waals surface area contributed by atoms with Crippen LogP contribution in [0.3, 0.4) is 0 Å². The van der Waals surface area contributed by atoms with E-state index in [2.05, 4.69) is 15.2 Å². The van der Waals surface area contributed by atoms with Crippen LogP contribution in [0.1, 0.15) is 23.7 Å². The first kappa shape index (κ1) is 18.3. The Balaban J connectivity index is 1.54. The van der Waals surface area contributed by atoms with E-state index in [1.165, 1.54) is 30.2 Å². The summed E-state index contributed by atoms with van der Waals surface area (Å²) >= 11 is 0. The van der Waals surface area contributed by atoms with Gasteiger partial charge in [-0.1, -0.05) is 18.2 Å². The molecule has 3 heterocycles. The monoisotopic (exact) mass is 400 g/mol. The van der Waals surface area contributed by atoms with E-state index < -0.39 is 11.5 Å². The lowest BCUT2D eigenvalue weighted by atomic mass is 9.98. The molecule has 1 amide bonds. The second kappa shape index (κ2) is 6.67. The third-order valence-corrected chi connectivity index (χ3v) is 5.40. The number of anilines is 2. The number of aliphatic hydroxyl groups is 1. The fourth-order valence-electron chi connectivity index (χ4n) is 3.88. The Morgan fingerprint density at radius 2 is 1.97 bits per heavy atom. The number of nitrogens with zero attached hydrogens (tertiary/aromatic N) is 4. The maximum absolute atomic E-state index is 13.5. The molecule has 6 nitrogen and oxygen atoms in total. The Morgan fingerprint density at radius 3 is 2.83 bits per heavy atom. The highest BCUT2D eigenvalue weighted by molar-refractivity contribution is 6.11. The molecule has 0 aliphatic carbocycles. The van der Waals surface area contributed by atoms with Crippen molar-refractivity contribution in [3.05, 3.63) is 89.6 Å². The number of carbonyl (C=O) groups is 1. The predicted octanol–water partition coefficient (Wildman–Crippen LogP) is 3.64. The molecule has 4 aromatic rings. The molecule has 7 heteroatoms. The van der Waals surface area contributed by atoms with E-state index in [-0.39, 0.29) is 5.82 Å². The van der Waals surface area contributed by atoms with E-state index in [0.717, 1.165) is 10.9 Å². The number of para-hydroxylation sites is 1. The summed E-state index contributed by atoms with van der Waals surface area (Å²) in [6.07, 6.45) is 3.58. The first-order valence-electron chi connectivity index (χ1n) is 9.46. The van der Waals surface area contributed by atoms with Crippen LogP contribution >= 0.6 is 0 Å². The fraction of sp³-hybridized carbons (Fsp3) is 0.130. The van der Waals surface area contributed by atoms with Crippen LogP contribution in [-0.2, 0) is 16.8 Å².